The Labute approximate surface area is 98.3 Å². The second-order valence-electron chi connectivity index (χ2n) is 3.03. The number of carbonyl (C=O) groups excluding carboxylic acids is 2. The van der Waals surface area contributed by atoms with Crippen LogP contribution in [0.25, 0.3) is 0 Å². The van der Waals surface area contributed by atoms with Gasteiger partial charge in [-0.1, -0.05) is 13.2 Å². The molecule has 0 aliphatic rings. The van der Waals surface area contributed by atoms with E-state index in [-0.39, 0.29) is 24.4 Å². The standard InChI is InChI=1S/C10H14O7/c1-7(2)9(11)13-5-6-14-16-17-15-10(12)8(3)4/h1,3,5-6H2,2,4H3. The molecule has 17 heavy (non-hydrogen) atoms. The smallest absolute Gasteiger partial charge is 0.371 e. The normalized spacial score (nSPS) is 9.53. The van der Waals surface area contributed by atoms with E-state index in [1.54, 1.807) is 0 Å². The third-order valence-corrected chi connectivity index (χ3v) is 1.28. The summed E-state index contributed by atoms with van der Waals surface area (Å²) in [5, 5.41) is 7.92. The van der Waals surface area contributed by atoms with Gasteiger partial charge in [-0.15, -0.1) is 0 Å². The quantitative estimate of drug-likeness (QED) is 0.208. The third-order valence-electron chi connectivity index (χ3n) is 1.28. The summed E-state index contributed by atoms with van der Waals surface area (Å²) in [5.74, 6) is -1.33. The van der Waals surface area contributed by atoms with Gasteiger partial charge in [-0.05, 0) is 18.9 Å². The van der Waals surface area contributed by atoms with Gasteiger partial charge in [-0.3, -0.25) is 4.89 Å². The summed E-state index contributed by atoms with van der Waals surface area (Å²) in [6.07, 6.45) is 0. The van der Waals surface area contributed by atoms with E-state index in [9.17, 15) is 9.59 Å². The summed E-state index contributed by atoms with van der Waals surface area (Å²) in [7, 11) is 0. The Morgan fingerprint density at radius 1 is 0.941 bits per heavy atom. The van der Waals surface area contributed by atoms with Gasteiger partial charge in [0.05, 0.1) is 0 Å². The van der Waals surface area contributed by atoms with Crippen LogP contribution in [0.2, 0.25) is 0 Å². The Hall–Kier alpha value is -1.70. The molecule has 0 amide bonds. The molecule has 0 N–H and O–H groups in total. The molecular formula is C10H14O7. The molecule has 7 nitrogen and oxygen atoms in total. The van der Waals surface area contributed by atoms with Gasteiger partial charge >= 0.3 is 11.9 Å². The Balaban J connectivity index is 3.36. The lowest BCUT2D eigenvalue weighted by atomic mass is 10.4. The molecule has 0 atom stereocenters. The highest BCUT2D eigenvalue weighted by Crippen LogP contribution is 1.95. The largest absolute Gasteiger partial charge is 0.460 e. The number of carbonyl (C=O) groups is 2. The van der Waals surface area contributed by atoms with Crippen molar-refractivity contribution in [3.05, 3.63) is 24.3 Å². The first kappa shape index (κ1) is 15.3. The Morgan fingerprint density at radius 2 is 1.53 bits per heavy atom. The summed E-state index contributed by atoms with van der Waals surface area (Å²) < 4.78 is 4.65. The fourth-order valence-electron chi connectivity index (χ4n) is 0.461. The van der Waals surface area contributed by atoms with Crippen LogP contribution >= 0.6 is 0 Å². The molecule has 0 saturated carbocycles. The third kappa shape index (κ3) is 8.14. The van der Waals surface area contributed by atoms with Crippen molar-refractivity contribution >= 4 is 11.9 Å². The van der Waals surface area contributed by atoms with Crippen LogP contribution in [0.3, 0.4) is 0 Å². The predicted octanol–water partition coefficient (Wildman–Crippen LogP) is 1.02. The average Bonchev–Trinajstić information content (AvgIpc) is 2.26. The minimum atomic E-state index is -0.790. The number of rotatable bonds is 8. The van der Waals surface area contributed by atoms with E-state index in [2.05, 4.69) is 37.7 Å². The van der Waals surface area contributed by atoms with Gasteiger partial charge in [-0.25, -0.2) is 9.59 Å². The van der Waals surface area contributed by atoms with Gasteiger partial charge in [0, 0.05) is 16.2 Å². The first-order valence-electron chi connectivity index (χ1n) is 4.60. The SMILES string of the molecule is C=C(C)C(=O)OCCOOOOC(=O)C(=C)C. The first-order valence-corrected chi connectivity index (χ1v) is 4.60. The molecular weight excluding hydrogens is 232 g/mol. The first-order chi connectivity index (χ1) is 7.95. The number of esters is 1. The Bertz CT molecular complexity index is 278. The highest BCUT2D eigenvalue weighted by Gasteiger charge is 2.05. The number of hydrogen-bond acceptors (Lipinski definition) is 7. The number of hydrogen-bond donors (Lipinski definition) is 0. The van der Waals surface area contributed by atoms with Gasteiger partial charge in [0.2, 0.25) is 0 Å². The van der Waals surface area contributed by atoms with Gasteiger partial charge in [0.25, 0.3) is 0 Å². The van der Waals surface area contributed by atoms with Crippen LogP contribution in [0.1, 0.15) is 13.8 Å². The van der Waals surface area contributed by atoms with Crippen LogP contribution in [-0.2, 0) is 34.2 Å². The molecule has 0 aromatic rings. The van der Waals surface area contributed by atoms with Crippen molar-refractivity contribution < 1.29 is 34.2 Å². The van der Waals surface area contributed by atoms with Gasteiger partial charge in [0.15, 0.2) is 0 Å². The van der Waals surface area contributed by atoms with Crippen LogP contribution in [0.15, 0.2) is 24.3 Å². The summed E-state index contributed by atoms with van der Waals surface area (Å²) >= 11 is 0. The van der Waals surface area contributed by atoms with Crippen molar-refractivity contribution in [2.75, 3.05) is 13.2 Å². The monoisotopic (exact) mass is 246 g/mol. The van der Waals surface area contributed by atoms with Crippen molar-refractivity contribution in [2.24, 2.45) is 0 Å². The lowest BCUT2D eigenvalue weighted by Gasteiger charge is -2.03. The Kier molecular flexibility index (Phi) is 7.61. The summed E-state index contributed by atoms with van der Waals surface area (Å²) in [6, 6.07) is 0. The van der Waals surface area contributed by atoms with E-state index in [0.717, 1.165) is 0 Å². The molecule has 96 valence electrons. The van der Waals surface area contributed by atoms with Crippen LogP contribution in [0.4, 0.5) is 0 Å². The lowest BCUT2D eigenvalue weighted by molar-refractivity contribution is -0.617. The van der Waals surface area contributed by atoms with Crippen LogP contribution in [0, 0.1) is 0 Å². The maximum atomic E-state index is 10.9. The van der Waals surface area contributed by atoms with Crippen LogP contribution in [-0.4, -0.2) is 25.2 Å². The van der Waals surface area contributed by atoms with Crippen LogP contribution in [0.5, 0.6) is 0 Å². The summed E-state index contributed by atoms with van der Waals surface area (Å²) in [4.78, 5) is 30.0. The fraction of sp³-hybridized carbons (Fsp3) is 0.400. The van der Waals surface area contributed by atoms with Crippen molar-refractivity contribution in [2.45, 2.75) is 13.8 Å². The molecule has 0 rings (SSSR count). The van der Waals surface area contributed by atoms with E-state index < -0.39 is 11.9 Å². The molecule has 0 saturated heterocycles. The van der Waals surface area contributed by atoms with E-state index in [4.69, 9.17) is 0 Å². The van der Waals surface area contributed by atoms with E-state index in [1.165, 1.54) is 13.8 Å². The number of ether oxygens (including phenoxy) is 1. The second-order valence-corrected chi connectivity index (χ2v) is 3.03. The molecule has 0 fully saturated rings. The molecule has 0 aromatic heterocycles. The molecule has 0 aliphatic heterocycles. The van der Waals surface area contributed by atoms with E-state index in [0.29, 0.717) is 0 Å². The second kappa shape index (κ2) is 8.45. The minimum absolute atomic E-state index is 0.0521. The Morgan fingerprint density at radius 3 is 2.06 bits per heavy atom. The fourth-order valence-corrected chi connectivity index (χ4v) is 0.461. The van der Waals surface area contributed by atoms with E-state index in [1.807, 2.05) is 0 Å². The molecule has 0 heterocycles. The zero-order valence-electron chi connectivity index (χ0n) is 9.69. The van der Waals surface area contributed by atoms with Gasteiger partial charge in [-0.2, -0.15) is 4.89 Å². The van der Waals surface area contributed by atoms with E-state index >= 15 is 0 Å². The predicted molar refractivity (Wildman–Crippen MR) is 54.8 cm³/mol. The molecule has 0 aromatic carbocycles. The highest BCUT2D eigenvalue weighted by molar-refractivity contribution is 5.87. The van der Waals surface area contributed by atoms with Crippen molar-refractivity contribution in [1.29, 1.82) is 0 Å². The maximum absolute atomic E-state index is 10.9. The average molecular weight is 246 g/mol. The lowest BCUT2D eigenvalue weighted by Crippen LogP contribution is -2.12. The van der Waals surface area contributed by atoms with Gasteiger partial charge < -0.3 is 4.74 Å². The minimum Gasteiger partial charge on any atom is -0.460 e. The molecule has 0 aliphatic carbocycles. The molecule has 0 bridgehead atoms. The molecule has 0 radical (unpaired) electrons. The zero-order chi connectivity index (χ0) is 13.3. The van der Waals surface area contributed by atoms with Crippen molar-refractivity contribution in [1.82, 2.24) is 0 Å². The van der Waals surface area contributed by atoms with Crippen molar-refractivity contribution in [3.63, 3.8) is 0 Å². The van der Waals surface area contributed by atoms with Gasteiger partial charge in [0.1, 0.15) is 13.2 Å². The highest BCUT2D eigenvalue weighted by atomic mass is 17.7. The van der Waals surface area contributed by atoms with Crippen LogP contribution < -0.4 is 0 Å². The molecule has 0 unspecified atom stereocenters. The summed E-state index contributed by atoms with van der Waals surface area (Å²) in [5.41, 5.74) is 0.418. The molecule has 0 spiro atoms. The zero-order valence-corrected chi connectivity index (χ0v) is 9.69. The van der Waals surface area contributed by atoms with Crippen molar-refractivity contribution in [3.8, 4) is 0 Å². The summed E-state index contributed by atoms with van der Waals surface area (Å²) in [6.45, 7) is 9.49. The topological polar surface area (TPSA) is 80.3 Å². The maximum Gasteiger partial charge on any atom is 0.371 e. The molecule has 7 heteroatoms.